The molecule has 1 aromatic rings. The van der Waals surface area contributed by atoms with Crippen LogP contribution in [0.4, 0.5) is 0 Å². The molecular formula is C15H22N2O3. The third-order valence-corrected chi connectivity index (χ3v) is 3.40. The Labute approximate surface area is 119 Å². The molecule has 20 heavy (non-hydrogen) atoms. The Bertz CT molecular complexity index is 405. The summed E-state index contributed by atoms with van der Waals surface area (Å²) in [6.45, 7) is 2.89. The fourth-order valence-electron chi connectivity index (χ4n) is 2.25. The fourth-order valence-corrected chi connectivity index (χ4v) is 2.25. The smallest absolute Gasteiger partial charge is 0.253 e. The molecule has 1 aromatic carbocycles. The largest absolute Gasteiger partial charge is 0.378 e. The third kappa shape index (κ3) is 4.59. The van der Waals surface area contributed by atoms with Crippen LogP contribution >= 0.6 is 0 Å². The zero-order valence-corrected chi connectivity index (χ0v) is 11.5. The Hall–Kier alpha value is -1.43. The van der Waals surface area contributed by atoms with E-state index in [-0.39, 0.29) is 12.0 Å². The zero-order valence-electron chi connectivity index (χ0n) is 11.5. The Balaban J connectivity index is 1.64. The van der Waals surface area contributed by atoms with Crippen LogP contribution in [-0.4, -0.2) is 43.4 Å². The molecule has 0 radical (unpaired) electrons. The van der Waals surface area contributed by atoms with E-state index in [1.54, 1.807) is 24.3 Å². The zero-order chi connectivity index (χ0) is 14.2. The van der Waals surface area contributed by atoms with Gasteiger partial charge in [-0.15, -0.1) is 0 Å². The standard InChI is InChI=1S/C15H22N2O3/c18-14(12-4-2-1-3-5-12)15(19)17-10-11-20-13-6-8-16-9-7-13/h1-5,13-14,16,18H,6-11H2,(H,17,19). The quantitative estimate of drug-likeness (QED) is 0.667. The molecule has 0 spiro atoms. The Kier molecular flexibility index (Phi) is 5.98. The van der Waals surface area contributed by atoms with Crippen molar-refractivity contribution in [1.82, 2.24) is 10.6 Å². The molecule has 1 unspecified atom stereocenters. The Morgan fingerprint density at radius 3 is 2.75 bits per heavy atom. The van der Waals surface area contributed by atoms with Crippen molar-refractivity contribution in [3.8, 4) is 0 Å². The van der Waals surface area contributed by atoms with Gasteiger partial charge in [-0.1, -0.05) is 30.3 Å². The van der Waals surface area contributed by atoms with E-state index in [0.717, 1.165) is 25.9 Å². The maximum absolute atomic E-state index is 11.8. The summed E-state index contributed by atoms with van der Waals surface area (Å²) in [7, 11) is 0. The molecule has 5 nitrogen and oxygen atoms in total. The lowest BCUT2D eigenvalue weighted by Crippen LogP contribution is -2.36. The number of carbonyl (C=O) groups excluding carboxylic acids is 1. The van der Waals surface area contributed by atoms with Crippen LogP contribution in [0.5, 0.6) is 0 Å². The number of benzene rings is 1. The van der Waals surface area contributed by atoms with Gasteiger partial charge in [-0.2, -0.15) is 0 Å². The molecule has 1 saturated heterocycles. The molecule has 0 aromatic heterocycles. The highest BCUT2D eigenvalue weighted by atomic mass is 16.5. The monoisotopic (exact) mass is 278 g/mol. The van der Waals surface area contributed by atoms with Gasteiger partial charge in [-0.3, -0.25) is 4.79 Å². The lowest BCUT2D eigenvalue weighted by Gasteiger charge is -2.23. The number of hydrogen-bond acceptors (Lipinski definition) is 4. The van der Waals surface area contributed by atoms with Gasteiger partial charge in [0.05, 0.1) is 12.7 Å². The van der Waals surface area contributed by atoms with Gasteiger partial charge in [0.1, 0.15) is 0 Å². The number of amides is 1. The number of hydrogen-bond donors (Lipinski definition) is 3. The van der Waals surface area contributed by atoms with E-state index in [2.05, 4.69) is 10.6 Å². The molecule has 3 N–H and O–H groups in total. The van der Waals surface area contributed by atoms with Crippen LogP contribution in [0.25, 0.3) is 0 Å². The summed E-state index contributed by atoms with van der Waals surface area (Å²) in [5, 5.41) is 15.8. The molecule has 5 heteroatoms. The number of carbonyl (C=O) groups is 1. The number of aliphatic hydroxyl groups excluding tert-OH is 1. The van der Waals surface area contributed by atoms with Gasteiger partial charge in [-0.05, 0) is 31.5 Å². The fraction of sp³-hybridized carbons (Fsp3) is 0.533. The highest BCUT2D eigenvalue weighted by Crippen LogP contribution is 2.11. The summed E-state index contributed by atoms with van der Waals surface area (Å²) >= 11 is 0. The van der Waals surface area contributed by atoms with Crippen molar-refractivity contribution >= 4 is 5.91 Å². The van der Waals surface area contributed by atoms with Crippen molar-refractivity contribution in [1.29, 1.82) is 0 Å². The van der Waals surface area contributed by atoms with E-state index >= 15 is 0 Å². The summed E-state index contributed by atoms with van der Waals surface area (Å²) in [6, 6.07) is 8.91. The average Bonchev–Trinajstić information content (AvgIpc) is 2.52. The minimum atomic E-state index is -1.12. The van der Waals surface area contributed by atoms with Crippen molar-refractivity contribution < 1.29 is 14.6 Å². The first-order valence-corrected chi connectivity index (χ1v) is 7.10. The van der Waals surface area contributed by atoms with E-state index in [9.17, 15) is 9.90 Å². The molecule has 0 bridgehead atoms. The third-order valence-electron chi connectivity index (χ3n) is 3.40. The van der Waals surface area contributed by atoms with Gasteiger partial charge in [0.15, 0.2) is 6.10 Å². The first-order chi connectivity index (χ1) is 9.77. The average molecular weight is 278 g/mol. The van der Waals surface area contributed by atoms with Gasteiger partial charge < -0.3 is 20.5 Å². The lowest BCUT2D eigenvalue weighted by atomic mass is 10.1. The normalized spacial score (nSPS) is 17.6. The minimum Gasteiger partial charge on any atom is -0.378 e. The molecule has 1 fully saturated rings. The second kappa shape index (κ2) is 7.99. The predicted molar refractivity (Wildman–Crippen MR) is 76.3 cm³/mol. The van der Waals surface area contributed by atoms with E-state index in [0.29, 0.717) is 18.7 Å². The van der Waals surface area contributed by atoms with Crippen LogP contribution in [0, 0.1) is 0 Å². The van der Waals surface area contributed by atoms with Gasteiger partial charge in [0, 0.05) is 6.54 Å². The molecule has 1 aliphatic heterocycles. The predicted octanol–water partition coefficient (Wildman–Crippen LogP) is 0.605. The summed E-state index contributed by atoms with van der Waals surface area (Å²) in [5.41, 5.74) is 0.601. The van der Waals surface area contributed by atoms with Crippen LogP contribution < -0.4 is 10.6 Å². The first kappa shape index (κ1) is 15.0. The second-order valence-corrected chi connectivity index (χ2v) is 4.92. The molecular weight excluding hydrogens is 256 g/mol. The van der Waals surface area contributed by atoms with E-state index in [4.69, 9.17) is 4.74 Å². The van der Waals surface area contributed by atoms with Crippen LogP contribution in [0.15, 0.2) is 30.3 Å². The second-order valence-electron chi connectivity index (χ2n) is 4.92. The van der Waals surface area contributed by atoms with Crippen molar-refractivity contribution in [2.75, 3.05) is 26.2 Å². The van der Waals surface area contributed by atoms with Gasteiger partial charge in [0.2, 0.25) is 0 Å². The molecule has 1 aliphatic rings. The summed E-state index contributed by atoms with van der Waals surface area (Å²) in [4.78, 5) is 11.8. The van der Waals surface area contributed by atoms with Crippen LogP contribution in [0.1, 0.15) is 24.5 Å². The molecule has 1 atom stereocenters. The SMILES string of the molecule is O=C(NCCOC1CCNCC1)C(O)c1ccccc1. The number of ether oxygens (including phenoxy) is 1. The number of nitrogens with one attached hydrogen (secondary N) is 2. The number of aliphatic hydroxyl groups is 1. The Morgan fingerprint density at radius 2 is 2.05 bits per heavy atom. The van der Waals surface area contributed by atoms with Crippen molar-refractivity contribution in [3.63, 3.8) is 0 Å². The van der Waals surface area contributed by atoms with Gasteiger partial charge in [0.25, 0.3) is 5.91 Å². The summed E-state index contributed by atoms with van der Waals surface area (Å²) < 4.78 is 5.68. The summed E-state index contributed by atoms with van der Waals surface area (Å²) in [6.07, 6.45) is 1.20. The van der Waals surface area contributed by atoms with E-state index in [1.165, 1.54) is 0 Å². The van der Waals surface area contributed by atoms with Crippen LogP contribution in [-0.2, 0) is 9.53 Å². The van der Waals surface area contributed by atoms with E-state index < -0.39 is 6.10 Å². The van der Waals surface area contributed by atoms with Crippen LogP contribution in [0.3, 0.4) is 0 Å². The maximum Gasteiger partial charge on any atom is 0.253 e. The molecule has 1 heterocycles. The topological polar surface area (TPSA) is 70.6 Å². The van der Waals surface area contributed by atoms with Crippen LogP contribution in [0.2, 0.25) is 0 Å². The van der Waals surface area contributed by atoms with Gasteiger partial charge in [-0.25, -0.2) is 0 Å². The van der Waals surface area contributed by atoms with Crippen molar-refractivity contribution in [2.24, 2.45) is 0 Å². The van der Waals surface area contributed by atoms with Crippen molar-refractivity contribution in [2.45, 2.75) is 25.0 Å². The molecule has 0 saturated carbocycles. The highest BCUT2D eigenvalue weighted by Gasteiger charge is 2.17. The molecule has 0 aliphatic carbocycles. The maximum atomic E-state index is 11.8. The number of piperidine rings is 1. The first-order valence-electron chi connectivity index (χ1n) is 7.10. The Morgan fingerprint density at radius 1 is 1.35 bits per heavy atom. The van der Waals surface area contributed by atoms with Gasteiger partial charge >= 0.3 is 0 Å². The molecule has 2 rings (SSSR count). The lowest BCUT2D eigenvalue weighted by molar-refractivity contribution is -0.130. The minimum absolute atomic E-state index is 0.284. The van der Waals surface area contributed by atoms with E-state index in [1.807, 2.05) is 6.07 Å². The number of rotatable bonds is 6. The summed E-state index contributed by atoms with van der Waals surface area (Å²) in [5.74, 6) is -0.384. The van der Waals surface area contributed by atoms with Crippen molar-refractivity contribution in [3.05, 3.63) is 35.9 Å². The molecule has 1 amide bonds. The molecule has 110 valence electrons. The highest BCUT2D eigenvalue weighted by molar-refractivity contribution is 5.81.